The van der Waals surface area contributed by atoms with Crippen molar-refractivity contribution in [3.05, 3.63) is 36.1 Å². The van der Waals surface area contributed by atoms with Crippen LogP contribution in [-0.4, -0.2) is 5.97 Å². The number of fused-ring (bicyclic) bond motifs is 2. The van der Waals surface area contributed by atoms with Crippen LogP contribution in [0.2, 0.25) is 0 Å². The van der Waals surface area contributed by atoms with E-state index in [9.17, 15) is 4.79 Å². The van der Waals surface area contributed by atoms with Crippen molar-refractivity contribution in [1.82, 2.24) is 0 Å². The number of hydrogen-bond acceptors (Lipinski definition) is 2. The quantitative estimate of drug-likeness (QED) is 0.312. The van der Waals surface area contributed by atoms with Gasteiger partial charge in [0.05, 0.1) is 6.26 Å². The van der Waals surface area contributed by atoms with Gasteiger partial charge in [0.25, 0.3) is 0 Å². The minimum atomic E-state index is -0.189. The van der Waals surface area contributed by atoms with Crippen LogP contribution in [0.25, 0.3) is 0 Å². The Morgan fingerprint density at radius 3 is 2.85 bits per heavy atom. The Hall–Kier alpha value is -1.31. The summed E-state index contributed by atoms with van der Waals surface area (Å²) in [5.74, 6) is 1.39. The van der Waals surface area contributed by atoms with Gasteiger partial charge in [-0.25, -0.2) is 0 Å². The average molecular weight is 274 g/mol. The summed E-state index contributed by atoms with van der Waals surface area (Å²) in [5, 5.41) is 0. The Balaban J connectivity index is 1.90. The van der Waals surface area contributed by atoms with Crippen molar-refractivity contribution in [1.29, 1.82) is 0 Å². The van der Waals surface area contributed by atoms with Crippen LogP contribution in [0.5, 0.6) is 0 Å². The van der Waals surface area contributed by atoms with Gasteiger partial charge in [-0.2, -0.15) is 0 Å². The molecule has 0 N–H and O–H groups in total. The summed E-state index contributed by atoms with van der Waals surface area (Å²) >= 11 is 0. The molecule has 2 fully saturated rings. The molecule has 0 heterocycles. The third-order valence-electron chi connectivity index (χ3n) is 5.15. The molecule has 2 heteroatoms. The maximum atomic E-state index is 11.1. The third-order valence-corrected chi connectivity index (χ3v) is 5.15. The molecule has 0 aliphatic heterocycles. The van der Waals surface area contributed by atoms with Gasteiger partial charge in [0.1, 0.15) is 0 Å². The van der Waals surface area contributed by atoms with E-state index in [1.807, 2.05) is 13.0 Å². The first kappa shape index (κ1) is 15.1. The molecular formula is C18H26O2. The van der Waals surface area contributed by atoms with E-state index in [-0.39, 0.29) is 11.4 Å². The number of carbonyl (C=O) groups excluding carboxylic acids is 1. The van der Waals surface area contributed by atoms with E-state index in [1.165, 1.54) is 24.8 Å². The van der Waals surface area contributed by atoms with Gasteiger partial charge < -0.3 is 4.74 Å². The molecule has 0 aromatic rings. The van der Waals surface area contributed by atoms with E-state index in [2.05, 4.69) is 19.6 Å². The minimum absolute atomic E-state index is 0.189. The first-order chi connectivity index (χ1) is 9.47. The Morgan fingerprint density at radius 2 is 2.25 bits per heavy atom. The van der Waals surface area contributed by atoms with Gasteiger partial charge in [-0.05, 0) is 55.4 Å². The first-order valence-electron chi connectivity index (χ1n) is 7.69. The fraction of sp³-hybridized carbons (Fsp3) is 0.611. The van der Waals surface area contributed by atoms with E-state index in [0.29, 0.717) is 6.42 Å². The molecule has 2 saturated carbocycles. The van der Waals surface area contributed by atoms with Crippen LogP contribution in [-0.2, 0) is 9.53 Å². The summed E-state index contributed by atoms with van der Waals surface area (Å²) in [5.41, 5.74) is 2.71. The van der Waals surface area contributed by atoms with Crippen LogP contribution in [0.3, 0.4) is 0 Å². The molecule has 0 spiro atoms. The van der Waals surface area contributed by atoms with Crippen molar-refractivity contribution in [3.8, 4) is 0 Å². The standard InChI is InChI=1S/C18H26O2/c1-5-17(19)20-12-13(2)7-6-10-18(4)14(3)15-8-9-16(18)11-15/h6-7,12,15-16H,3,5,8-11H2,1-2,4H3. The van der Waals surface area contributed by atoms with Crippen molar-refractivity contribution >= 4 is 5.97 Å². The van der Waals surface area contributed by atoms with Crippen molar-refractivity contribution in [2.24, 2.45) is 17.3 Å². The molecule has 2 aliphatic rings. The van der Waals surface area contributed by atoms with E-state index < -0.39 is 0 Å². The van der Waals surface area contributed by atoms with E-state index in [0.717, 1.165) is 23.8 Å². The maximum absolute atomic E-state index is 11.1. The van der Waals surface area contributed by atoms with Crippen molar-refractivity contribution in [2.75, 3.05) is 0 Å². The van der Waals surface area contributed by atoms with Crippen LogP contribution in [0.1, 0.15) is 52.9 Å². The highest BCUT2D eigenvalue weighted by Gasteiger charge is 2.49. The highest BCUT2D eigenvalue weighted by Crippen LogP contribution is 2.60. The zero-order chi connectivity index (χ0) is 14.8. The molecular weight excluding hydrogens is 248 g/mol. The van der Waals surface area contributed by atoms with Crippen LogP contribution in [0.15, 0.2) is 36.1 Å². The van der Waals surface area contributed by atoms with E-state index >= 15 is 0 Å². The molecule has 0 amide bonds. The second-order valence-corrected chi connectivity index (χ2v) is 6.46. The predicted octanol–water partition coefficient (Wildman–Crippen LogP) is 4.78. The normalized spacial score (nSPS) is 33.1. The second kappa shape index (κ2) is 5.99. The molecule has 2 bridgehead atoms. The monoisotopic (exact) mass is 274 g/mol. The lowest BCUT2D eigenvalue weighted by atomic mass is 9.69. The molecule has 20 heavy (non-hydrogen) atoms. The van der Waals surface area contributed by atoms with Crippen molar-refractivity contribution in [2.45, 2.75) is 52.9 Å². The summed E-state index contributed by atoms with van der Waals surface area (Å²) in [6.07, 6.45) is 11.3. The zero-order valence-electron chi connectivity index (χ0n) is 12.9. The van der Waals surface area contributed by atoms with Gasteiger partial charge in [0, 0.05) is 6.42 Å². The number of esters is 1. The Bertz CT molecular complexity index is 458. The largest absolute Gasteiger partial charge is 0.434 e. The molecule has 2 aliphatic carbocycles. The highest BCUT2D eigenvalue weighted by molar-refractivity contribution is 5.69. The Morgan fingerprint density at radius 1 is 1.50 bits per heavy atom. The smallest absolute Gasteiger partial charge is 0.310 e. The number of allylic oxidation sites excluding steroid dienone is 4. The Labute approximate surface area is 122 Å². The molecule has 2 rings (SSSR count). The molecule has 0 saturated heterocycles. The molecule has 0 radical (unpaired) electrons. The number of hydrogen-bond donors (Lipinski definition) is 0. The van der Waals surface area contributed by atoms with Crippen LogP contribution < -0.4 is 0 Å². The van der Waals surface area contributed by atoms with Gasteiger partial charge in [-0.15, -0.1) is 0 Å². The number of carbonyl (C=O) groups is 1. The van der Waals surface area contributed by atoms with Gasteiger partial charge in [-0.1, -0.05) is 38.2 Å². The summed E-state index contributed by atoms with van der Waals surface area (Å²) in [6, 6.07) is 0. The van der Waals surface area contributed by atoms with Crippen LogP contribution >= 0.6 is 0 Å². The highest BCUT2D eigenvalue weighted by atomic mass is 16.5. The minimum Gasteiger partial charge on any atom is -0.434 e. The fourth-order valence-corrected chi connectivity index (χ4v) is 3.67. The average Bonchev–Trinajstić information content (AvgIpc) is 3.00. The van der Waals surface area contributed by atoms with Gasteiger partial charge in [-0.3, -0.25) is 4.79 Å². The maximum Gasteiger partial charge on any atom is 0.310 e. The predicted molar refractivity (Wildman–Crippen MR) is 82.0 cm³/mol. The lowest BCUT2D eigenvalue weighted by molar-refractivity contribution is -0.137. The molecule has 2 nitrogen and oxygen atoms in total. The molecule has 0 aromatic heterocycles. The molecule has 3 unspecified atom stereocenters. The number of ether oxygens (including phenoxy) is 1. The van der Waals surface area contributed by atoms with E-state index in [1.54, 1.807) is 13.2 Å². The van der Waals surface area contributed by atoms with Gasteiger partial charge in [0.15, 0.2) is 0 Å². The fourth-order valence-electron chi connectivity index (χ4n) is 3.67. The van der Waals surface area contributed by atoms with Gasteiger partial charge in [0.2, 0.25) is 0 Å². The molecule has 3 atom stereocenters. The van der Waals surface area contributed by atoms with Gasteiger partial charge >= 0.3 is 5.97 Å². The zero-order valence-corrected chi connectivity index (χ0v) is 12.9. The molecule has 110 valence electrons. The SMILES string of the molecule is C=C1C2CCC(C2)C1(C)CC=CC(C)=COC(=O)CC. The molecule has 0 aromatic carbocycles. The third kappa shape index (κ3) is 2.89. The lowest BCUT2D eigenvalue weighted by Crippen LogP contribution is -2.25. The van der Waals surface area contributed by atoms with E-state index in [4.69, 9.17) is 4.74 Å². The van der Waals surface area contributed by atoms with Crippen LogP contribution in [0.4, 0.5) is 0 Å². The first-order valence-corrected chi connectivity index (χ1v) is 7.69. The van der Waals surface area contributed by atoms with Crippen LogP contribution in [0, 0.1) is 17.3 Å². The Kier molecular flexibility index (Phi) is 4.52. The summed E-state index contributed by atoms with van der Waals surface area (Å²) < 4.78 is 5.00. The summed E-state index contributed by atoms with van der Waals surface area (Å²) in [4.78, 5) is 11.1. The topological polar surface area (TPSA) is 26.3 Å². The second-order valence-electron chi connectivity index (χ2n) is 6.46. The summed E-state index contributed by atoms with van der Waals surface area (Å²) in [6.45, 7) is 10.5. The van der Waals surface area contributed by atoms with Crippen molar-refractivity contribution in [3.63, 3.8) is 0 Å². The summed E-state index contributed by atoms with van der Waals surface area (Å²) in [7, 11) is 0. The lowest BCUT2D eigenvalue weighted by Gasteiger charge is -2.35. The van der Waals surface area contributed by atoms with Crippen molar-refractivity contribution < 1.29 is 9.53 Å². The number of rotatable bonds is 5.